The highest BCUT2D eigenvalue weighted by Crippen LogP contribution is 2.19. The first-order chi connectivity index (χ1) is 8.49. The molecule has 1 nitrogen and oxygen atoms in total. The van der Waals surface area contributed by atoms with E-state index in [0.29, 0.717) is 11.8 Å². The molecule has 0 fully saturated rings. The van der Waals surface area contributed by atoms with Gasteiger partial charge in [0.05, 0.1) is 0 Å². The first kappa shape index (κ1) is 15.7. The fourth-order valence-corrected chi connectivity index (χ4v) is 2.51. The number of nitrogens with one attached hydrogen (secondary N) is 1. The van der Waals surface area contributed by atoms with Gasteiger partial charge < -0.3 is 5.32 Å². The van der Waals surface area contributed by atoms with Gasteiger partial charge in [-0.05, 0) is 55.0 Å². The van der Waals surface area contributed by atoms with Crippen LogP contribution in [0.4, 0.5) is 0 Å². The molecule has 0 saturated carbocycles. The van der Waals surface area contributed by atoms with Crippen LogP contribution in [0.1, 0.15) is 33.3 Å². The molecule has 0 bridgehead atoms. The minimum absolute atomic E-state index is 0.707. The first-order valence-corrected chi connectivity index (χ1v) is 7.73. The van der Waals surface area contributed by atoms with Gasteiger partial charge in [-0.3, -0.25) is 0 Å². The van der Waals surface area contributed by atoms with Crippen molar-refractivity contribution < 1.29 is 0 Å². The predicted octanol–water partition coefficient (Wildman–Crippen LogP) is 4.51. The molecular formula is C16H26BrN. The Labute approximate surface area is 120 Å². The number of benzene rings is 1. The summed E-state index contributed by atoms with van der Waals surface area (Å²) >= 11 is 3.55. The smallest absolute Gasteiger partial charge is 0.0177 e. The lowest BCUT2D eigenvalue weighted by atomic mass is 9.89. The Hall–Kier alpha value is -0.340. The monoisotopic (exact) mass is 311 g/mol. The van der Waals surface area contributed by atoms with E-state index in [-0.39, 0.29) is 0 Å². The highest BCUT2D eigenvalue weighted by Gasteiger charge is 2.14. The lowest BCUT2D eigenvalue weighted by Gasteiger charge is -2.22. The van der Waals surface area contributed by atoms with Crippen molar-refractivity contribution in [3.05, 3.63) is 34.3 Å². The molecule has 2 heteroatoms. The molecule has 1 atom stereocenters. The maximum Gasteiger partial charge on any atom is 0.0177 e. The minimum atomic E-state index is 0.707. The van der Waals surface area contributed by atoms with Gasteiger partial charge in [0.1, 0.15) is 0 Å². The zero-order chi connectivity index (χ0) is 13.5. The third-order valence-electron chi connectivity index (χ3n) is 3.29. The maximum absolute atomic E-state index is 3.59. The van der Waals surface area contributed by atoms with Crippen LogP contribution in [-0.2, 0) is 6.42 Å². The Morgan fingerprint density at radius 3 is 2.39 bits per heavy atom. The lowest BCUT2D eigenvalue weighted by Crippen LogP contribution is -2.30. The number of hydrogen-bond acceptors (Lipinski definition) is 1. The Kier molecular flexibility index (Phi) is 6.95. The fraction of sp³-hybridized carbons (Fsp3) is 0.625. The van der Waals surface area contributed by atoms with Crippen LogP contribution in [0, 0.1) is 17.8 Å². The van der Waals surface area contributed by atoms with E-state index in [1.165, 1.54) is 10.0 Å². The van der Waals surface area contributed by atoms with Crippen LogP contribution in [0.5, 0.6) is 0 Å². The van der Waals surface area contributed by atoms with Crippen LogP contribution in [0.3, 0.4) is 0 Å². The van der Waals surface area contributed by atoms with E-state index >= 15 is 0 Å². The van der Waals surface area contributed by atoms with Crippen LogP contribution in [0.2, 0.25) is 0 Å². The van der Waals surface area contributed by atoms with E-state index in [4.69, 9.17) is 0 Å². The van der Waals surface area contributed by atoms with Gasteiger partial charge in [-0.25, -0.2) is 0 Å². The third kappa shape index (κ3) is 6.01. The summed E-state index contributed by atoms with van der Waals surface area (Å²) < 4.78 is 1.18. The molecule has 0 saturated heterocycles. The van der Waals surface area contributed by atoms with Gasteiger partial charge >= 0.3 is 0 Å². The van der Waals surface area contributed by atoms with E-state index in [9.17, 15) is 0 Å². The molecular weight excluding hydrogens is 286 g/mol. The Bertz CT molecular complexity index is 347. The van der Waals surface area contributed by atoms with Crippen LogP contribution in [0.25, 0.3) is 0 Å². The van der Waals surface area contributed by atoms with Crippen molar-refractivity contribution in [2.45, 2.75) is 34.1 Å². The second-order valence-corrected chi connectivity index (χ2v) is 6.81. The molecule has 1 N–H and O–H groups in total. The van der Waals surface area contributed by atoms with Crippen LogP contribution in [-0.4, -0.2) is 13.1 Å². The predicted molar refractivity (Wildman–Crippen MR) is 83.9 cm³/mol. The van der Waals surface area contributed by atoms with E-state index in [2.05, 4.69) is 73.2 Å². The van der Waals surface area contributed by atoms with E-state index < -0.39 is 0 Å². The van der Waals surface area contributed by atoms with Gasteiger partial charge in [-0.2, -0.15) is 0 Å². The topological polar surface area (TPSA) is 12.0 Å². The van der Waals surface area contributed by atoms with E-state index in [0.717, 1.165) is 25.4 Å². The van der Waals surface area contributed by atoms with Crippen molar-refractivity contribution >= 4 is 15.9 Å². The molecule has 0 aromatic heterocycles. The molecule has 0 aliphatic carbocycles. The fourth-order valence-electron chi connectivity index (χ4n) is 2.07. The highest BCUT2D eigenvalue weighted by molar-refractivity contribution is 9.10. The van der Waals surface area contributed by atoms with Crippen molar-refractivity contribution in [2.75, 3.05) is 13.1 Å². The third-order valence-corrected chi connectivity index (χ3v) is 3.78. The molecule has 1 aromatic carbocycles. The Balaban J connectivity index is 2.52. The zero-order valence-corrected chi connectivity index (χ0v) is 13.6. The van der Waals surface area contributed by atoms with Gasteiger partial charge in [0.2, 0.25) is 0 Å². The SMILES string of the molecule is CC(C)CNCC(Cc1cccc(Br)c1)C(C)C. The van der Waals surface area contributed by atoms with Crippen molar-refractivity contribution in [1.29, 1.82) is 0 Å². The maximum atomic E-state index is 3.59. The number of hydrogen-bond donors (Lipinski definition) is 1. The minimum Gasteiger partial charge on any atom is -0.316 e. The van der Waals surface area contributed by atoms with Crippen LogP contribution in [0.15, 0.2) is 28.7 Å². The molecule has 1 unspecified atom stereocenters. The van der Waals surface area contributed by atoms with E-state index in [1.54, 1.807) is 0 Å². The largest absolute Gasteiger partial charge is 0.316 e. The van der Waals surface area contributed by atoms with Crippen LogP contribution >= 0.6 is 15.9 Å². The molecule has 0 amide bonds. The van der Waals surface area contributed by atoms with Gasteiger partial charge in [0, 0.05) is 4.47 Å². The second kappa shape index (κ2) is 7.96. The lowest BCUT2D eigenvalue weighted by molar-refractivity contribution is 0.352. The molecule has 1 aromatic rings. The van der Waals surface area contributed by atoms with Gasteiger partial charge in [0.25, 0.3) is 0 Å². The average Bonchev–Trinajstić information content (AvgIpc) is 2.27. The summed E-state index contributed by atoms with van der Waals surface area (Å²) in [4.78, 5) is 0. The van der Waals surface area contributed by atoms with Crippen molar-refractivity contribution in [2.24, 2.45) is 17.8 Å². The van der Waals surface area contributed by atoms with Gasteiger partial charge in [-0.1, -0.05) is 55.8 Å². The molecule has 1 rings (SSSR count). The van der Waals surface area contributed by atoms with E-state index in [1.807, 2.05) is 0 Å². The highest BCUT2D eigenvalue weighted by atomic mass is 79.9. The standard InChI is InChI=1S/C16H26BrN/c1-12(2)10-18-11-15(13(3)4)8-14-6-5-7-16(17)9-14/h5-7,9,12-13,15,18H,8,10-11H2,1-4H3. The summed E-state index contributed by atoms with van der Waals surface area (Å²) in [5, 5.41) is 3.59. The number of halogens is 1. The van der Waals surface area contributed by atoms with Gasteiger partial charge in [0.15, 0.2) is 0 Å². The van der Waals surface area contributed by atoms with Crippen molar-refractivity contribution in [3.63, 3.8) is 0 Å². The average molecular weight is 312 g/mol. The molecule has 0 radical (unpaired) electrons. The number of rotatable bonds is 7. The Morgan fingerprint density at radius 2 is 1.83 bits per heavy atom. The van der Waals surface area contributed by atoms with Crippen LogP contribution < -0.4 is 5.32 Å². The first-order valence-electron chi connectivity index (χ1n) is 6.94. The molecule has 0 spiro atoms. The normalized spacial score (nSPS) is 13.3. The summed E-state index contributed by atoms with van der Waals surface area (Å²) in [6.45, 7) is 11.4. The Morgan fingerprint density at radius 1 is 1.11 bits per heavy atom. The molecule has 0 aliphatic heterocycles. The summed E-state index contributed by atoms with van der Waals surface area (Å²) in [5.41, 5.74) is 1.43. The summed E-state index contributed by atoms with van der Waals surface area (Å²) in [6, 6.07) is 8.67. The molecule has 0 aliphatic rings. The summed E-state index contributed by atoms with van der Waals surface area (Å²) in [5.74, 6) is 2.14. The molecule has 18 heavy (non-hydrogen) atoms. The van der Waals surface area contributed by atoms with Gasteiger partial charge in [-0.15, -0.1) is 0 Å². The quantitative estimate of drug-likeness (QED) is 0.781. The van der Waals surface area contributed by atoms with Crippen molar-refractivity contribution in [1.82, 2.24) is 5.32 Å². The molecule has 102 valence electrons. The summed E-state index contributed by atoms with van der Waals surface area (Å²) in [7, 11) is 0. The molecule has 0 heterocycles. The second-order valence-electron chi connectivity index (χ2n) is 5.89. The van der Waals surface area contributed by atoms with Crippen molar-refractivity contribution in [3.8, 4) is 0 Å². The summed E-state index contributed by atoms with van der Waals surface area (Å²) in [6.07, 6.45) is 1.15. The zero-order valence-electron chi connectivity index (χ0n) is 12.0.